The molecule has 1 aliphatic heterocycles. The summed E-state index contributed by atoms with van der Waals surface area (Å²) in [5.41, 5.74) is 0.858. The van der Waals surface area contributed by atoms with E-state index < -0.39 is 0 Å². The van der Waals surface area contributed by atoms with Gasteiger partial charge in [-0.25, -0.2) is 0 Å². The van der Waals surface area contributed by atoms with Crippen molar-refractivity contribution in [2.45, 2.75) is 124 Å². The predicted molar refractivity (Wildman–Crippen MR) is 139 cm³/mol. The fourth-order valence-corrected chi connectivity index (χ4v) is 10.2. The molecule has 0 aromatic heterocycles. The van der Waals surface area contributed by atoms with Gasteiger partial charge in [0.15, 0.2) is 6.29 Å². The standard InChI is InChI=1S/C31H52O4/c1-20-13-15-30(3)22(18-20)19-26(35-28-8-6-7-17-34-28)29-24-11-10-23(21(2)9-12-27(32)33-5)31(24,4)16-14-25(29)30/h20-26,28-29H,6-19H2,1-5H3/t20-,21-,22+,23?,24?,25?,26?,28?,29?,30+,31-/m1/s1. The molecule has 4 heteroatoms. The first-order valence-corrected chi connectivity index (χ1v) is 15.1. The summed E-state index contributed by atoms with van der Waals surface area (Å²) in [6.45, 7) is 11.0. The van der Waals surface area contributed by atoms with Gasteiger partial charge in [-0.15, -0.1) is 0 Å². The minimum absolute atomic E-state index is 0.0177. The van der Waals surface area contributed by atoms with Gasteiger partial charge in [0, 0.05) is 13.0 Å². The molecule has 0 bridgehead atoms. The second kappa shape index (κ2) is 10.3. The zero-order valence-electron chi connectivity index (χ0n) is 23.2. The van der Waals surface area contributed by atoms with Crippen LogP contribution in [-0.2, 0) is 19.0 Å². The second-order valence-corrected chi connectivity index (χ2v) is 13.9. The molecule has 6 unspecified atom stereocenters. The molecule has 0 spiro atoms. The summed E-state index contributed by atoms with van der Waals surface area (Å²) in [4.78, 5) is 11.9. The molecule has 0 radical (unpaired) electrons. The molecule has 0 aromatic rings. The fraction of sp³-hybridized carbons (Fsp3) is 0.968. The zero-order valence-corrected chi connectivity index (χ0v) is 23.2. The van der Waals surface area contributed by atoms with Gasteiger partial charge in [0.25, 0.3) is 0 Å². The lowest BCUT2D eigenvalue weighted by Crippen LogP contribution is -2.59. The van der Waals surface area contributed by atoms with E-state index in [1.165, 1.54) is 71.3 Å². The molecule has 5 rings (SSSR count). The largest absolute Gasteiger partial charge is 0.469 e. The van der Waals surface area contributed by atoms with Gasteiger partial charge < -0.3 is 14.2 Å². The molecule has 5 fully saturated rings. The SMILES string of the molecule is COC(=O)CC[C@@H](C)C1CCC2C3C(OC4CCCCO4)C[C@@H]4C[C@H](C)CC[C@]4(C)C3CC[C@@]21C. The van der Waals surface area contributed by atoms with E-state index in [2.05, 4.69) is 27.7 Å². The third kappa shape index (κ3) is 4.73. The maximum Gasteiger partial charge on any atom is 0.305 e. The molecule has 4 nitrogen and oxygen atoms in total. The Bertz CT molecular complexity index is 746. The number of esters is 1. The van der Waals surface area contributed by atoms with Gasteiger partial charge in [-0.1, -0.05) is 34.1 Å². The third-order valence-electron chi connectivity index (χ3n) is 12.2. The topological polar surface area (TPSA) is 44.8 Å². The molecule has 1 saturated heterocycles. The molecule has 4 aliphatic carbocycles. The maximum absolute atomic E-state index is 11.9. The minimum Gasteiger partial charge on any atom is -0.469 e. The van der Waals surface area contributed by atoms with Crippen molar-refractivity contribution in [1.82, 2.24) is 0 Å². The van der Waals surface area contributed by atoms with Crippen LogP contribution in [0.2, 0.25) is 0 Å². The van der Waals surface area contributed by atoms with E-state index in [1.54, 1.807) is 0 Å². The van der Waals surface area contributed by atoms with Crippen LogP contribution in [0.3, 0.4) is 0 Å². The lowest BCUT2D eigenvalue weighted by molar-refractivity contribution is -0.249. The van der Waals surface area contributed by atoms with Crippen molar-refractivity contribution in [2.24, 2.45) is 52.3 Å². The molecule has 0 aromatic carbocycles. The monoisotopic (exact) mass is 488 g/mol. The van der Waals surface area contributed by atoms with Crippen molar-refractivity contribution in [3.05, 3.63) is 0 Å². The smallest absolute Gasteiger partial charge is 0.305 e. The summed E-state index contributed by atoms with van der Waals surface area (Å²) in [7, 11) is 1.51. The highest BCUT2D eigenvalue weighted by Gasteiger charge is 2.63. The van der Waals surface area contributed by atoms with Crippen molar-refractivity contribution < 1.29 is 19.0 Å². The van der Waals surface area contributed by atoms with Gasteiger partial charge in [0.2, 0.25) is 0 Å². The van der Waals surface area contributed by atoms with Crippen LogP contribution in [0.1, 0.15) is 111 Å². The Hall–Kier alpha value is -0.610. The van der Waals surface area contributed by atoms with Crippen LogP contribution in [0.25, 0.3) is 0 Å². The van der Waals surface area contributed by atoms with E-state index in [0.29, 0.717) is 41.1 Å². The predicted octanol–water partition coefficient (Wildman–Crippen LogP) is 7.39. The number of fused-ring (bicyclic) bond motifs is 5. The van der Waals surface area contributed by atoms with E-state index >= 15 is 0 Å². The molecule has 35 heavy (non-hydrogen) atoms. The lowest BCUT2D eigenvalue weighted by Gasteiger charge is -2.63. The number of hydrogen-bond acceptors (Lipinski definition) is 4. The Morgan fingerprint density at radius 3 is 2.51 bits per heavy atom. The minimum atomic E-state index is -0.0565. The molecule has 0 N–H and O–H groups in total. The molecule has 4 saturated carbocycles. The Morgan fingerprint density at radius 2 is 1.77 bits per heavy atom. The van der Waals surface area contributed by atoms with Crippen LogP contribution < -0.4 is 0 Å². The Labute approximate surface area is 214 Å². The molecular weight excluding hydrogens is 436 g/mol. The first-order chi connectivity index (χ1) is 16.8. The van der Waals surface area contributed by atoms with Crippen molar-refractivity contribution in [3.63, 3.8) is 0 Å². The highest BCUT2D eigenvalue weighted by molar-refractivity contribution is 5.69. The van der Waals surface area contributed by atoms with Gasteiger partial charge in [0.05, 0.1) is 13.2 Å². The number of carbonyl (C=O) groups is 1. The van der Waals surface area contributed by atoms with Crippen LogP contribution in [0.5, 0.6) is 0 Å². The van der Waals surface area contributed by atoms with Crippen molar-refractivity contribution >= 4 is 5.97 Å². The summed E-state index contributed by atoms with van der Waals surface area (Å²) >= 11 is 0. The third-order valence-corrected chi connectivity index (χ3v) is 12.2. The van der Waals surface area contributed by atoms with E-state index in [1.807, 2.05) is 0 Å². The average molecular weight is 489 g/mol. The highest BCUT2D eigenvalue weighted by atomic mass is 16.7. The van der Waals surface area contributed by atoms with Crippen molar-refractivity contribution in [1.29, 1.82) is 0 Å². The zero-order chi connectivity index (χ0) is 24.8. The Morgan fingerprint density at radius 1 is 1.00 bits per heavy atom. The van der Waals surface area contributed by atoms with Crippen molar-refractivity contribution in [3.8, 4) is 0 Å². The number of hydrogen-bond donors (Lipinski definition) is 0. The lowest BCUT2D eigenvalue weighted by atomic mass is 9.43. The van der Waals surface area contributed by atoms with E-state index in [9.17, 15) is 4.79 Å². The maximum atomic E-state index is 11.9. The average Bonchev–Trinajstić information content (AvgIpc) is 3.21. The Balaban J connectivity index is 1.39. The second-order valence-electron chi connectivity index (χ2n) is 13.9. The molecule has 200 valence electrons. The molecular formula is C31H52O4. The van der Waals surface area contributed by atoms with Crippen LogP contribution in [0.15, 0.2) is 0 Å². The summed E-state index contributed by atoms with van der Waals surface area (Å²) in [6.07, 6.45) is 16.2. The highest BCUT2D eigenvalue weighted by Crippen LogP contribution is 2.69. The molecule has 5 aliphatic rings. The van der Waals surface area contributed by atoms with E-state index in [0.717, 1.165) is 43.1 Å². The summed E-state index contributed by atoms with van der Waals surface area (Å²) in [5, 5.41) is 0. The van der Waals surface area contributed by atoms with E-state index in [4.69, 9.17) is 14.2 Å². The number of carbonyl (C=O) groups excluding carboxylic acids is 1. The molecule has 1 heterocycles. The van der Waals surface area contributed by atoms with E-state index in [-0.39, 0.29) is 12.3 Å². The Kier molecular flexibility index (Phi) is 7.64. The normalized spacial score (nSPS) is 48.4. The number of ether oxygens (including phenoxy) is 3. The number of rotatable bonds is 6. The fourth-order valence-electron chi connectivity index (χ4n) is 10.2. The molecule has 11 atom stereocenters. The van der Waals surface area contributed by atoms with Crippen LogP contribution in [0, 0.1) is 52.3 Å². The van der Waals surface area contributed by atoms with Crippen molar-refractivity contribution in [2.75, 3.05) is 13.7 Å². The first kappa shape index (κ1) is 26.0. The van der Waals surface area contributed by atoms with Gasteiger partial charge in [0.1, 0.15) is 0 Å². The van der Waals surface area contributed by atoms with Gasteiger partial charge >= 0.3 is 5.97 Å². The van der Waals surface area contributed by atoms with Gasteiger partial charge in [-0.05, 0) is 123 Å². The molecule has 0 amide bonds. The number of methoxy groups -OCH3 is 1. The summed E-state index contributed by atoms with van der Waals surface area (Å²) < 4.78 is 18.1. The van der Waals surface area contributed by atoms with Crippen LogP contribution in [0.4, 0.5) is 0 Å². The van der Waals surface area contributed by atoms with Gasteiger partial charge in [-0.3, -0.25) is 4.79 Å². The summed E-state index contributed by atoms with van der Waals surface area (Å²) in [6, 6.07) is 0. The summed E-state index contributed by atoms with van der Waals surface area (Å²) in [5.74, 6) is 5.11. The van der Waals surface area contributed by atoms with Crippen LogP contribution in [-0.4, -0.2) is 32.1 Å². The van der Waals surface area contributed by atoms with Crippen LogP contribution >= 0.6 is 0 Å². The quantitative estimate of drug-likeness (QED) is 0.289. The van der Waals surface area contributed by atoms with Gasteiger partial charge in [-0.2, -0.15) is 0 Å². The first-order valence-electron chi connectivity index (χ1n) is 15.1.